The molecule has 1 spiro atoms. The molecule has 5 heterocycles. The Labute approximate surface area is 180 Å². The highest BCUT2D eigenvalue weighted by atomic mass is 32.1. The third-order valence-electron chi connectivity index (χ3n) is 6.03. The van der Waals surface area contributed by atoms with Crippen molar-refractivity contribution in [2.45, 2.75) is 24.6 Å². The van der Waals surface area contributed by atoms with Crippen LogP contribution in [-0.2, 0) is 22.6 Å². The summed E-state index contributed by atoms with van der Waals surface area (Å²) in [6, 6.07) is 10.1. The molecule has 2 atom stereocenters. The van der Waals surface area contributed by atoms with Crippen LogP contribution >= 0.6 is 11.3 Å². The van der Waals surface area contributed by atoms with Gasteiger partial charge in [0.05, 0.1) is 6.61 Å². The molecule has 2 aliphatic rings. The van der Waals surface area contributed by atoms with Gasteiger partial charge in [-0.1, -0.05) is 6.07 Å². The van der Waals surface area contributed by atoms with Gasteiger partial charge in [0.1, 0.15) is 0 Å². The Bertz CT molecular complexity index is 983. The Hall–Kier alpha value is -2.61. The zero-order valence-corrected chi connectivity index (χ0v) is 17.5. The first kappa shape index (κ1) is 19.4. The number of carbonyl (C=O) groups is 1. The zero-order chi connectivity index (χ0) is 20.4. The second kappa shape index (κ2) is 8.26. The Morgan fingerprint density at radius 3 is 2.77 bits per heavy atom. The van der Waals surface area contributed by atoms with Gasteiger partial charge >= 0.3 is 0 Å². The van der Waals surface area contributed by atoms with Crippen molar-refractivity contribution < 1.29 is 9.53 Å². The Morgan fingerprint density at radius 1 is 1.10 bits per heavy atom. The molecular weight excluding hydrogens is 396 g/mol. The van der Waals surface area contributed by atoms with Gasteiger partial charge in [-0.15, -0.1) is 0 Å². The third-order valence-corrected chi connectivity index (χ3v) is 6.76. The molecule has 1 amide bonds. The lowest BCUT2D eigenvalue weighted by Gasteiger charge is -2.42. The van der Waals surface area contributed by atoms with E-state index in [1.165, 1.54) is 5.56 Å². The number of hydrogen-bond acceptors (Lipinski definition) is 6. The van der Waals surface area contributed by atoms with Crippen molar-refractivity contribution in [2.24, 2.45) is 0 Å². The van der Waals surface area contributed by atoms with Gasteiger partial charge < -0.3 is 9.64 Å². The number of thiophene rings is 1. The van der Waals surface area contributed by atoms with Crippen LogP contribution in [0.1, 0.15) is 22.6 Å². The minimum atomic E-state index is -0.871. The van der Waals surface area contributed by atoms with Gasteiger partial charge in [0.25, 0.3) is 5.91 Å². The molecule has 0 radical (unpaired) electrons. The molecule has 0 aromatic carbocycles. The van der Waals surface area contributed by atoms with Gasteiger partial charge in [-0.25, -0.2) is 0 Å². The number of rotatable bonds is 5. The van der Waals surface area contributed by atoms with Crippen LogP contribution in [0.25, 0.3) is 0 Å². The van der Waals surface area contributed by atoms with Crippen molar-refractivity contribution in [1.29, 1.82) is 0 Å². The zero-order valence-electron chi connectivity index (χ0n) is 16.7. The minimum absolute atomic E-state index is 0.0439. The molecule has 5 rings (SSSR count). The molecule has 30 heavy (non-hydrogen) atoms. The minimum Gasteiger partial charge on any atom is -0.361 e. The van der Waals surface area contributed by atoms with Gasteiger partial charge in [-0.2, -0.15) is 11.3 Å². The average Bonchev–Trinajstić information content (AvgIpc) is 3.42. The normalized spacial score (nSPS) is 24.6. The van der Waals surface area contributed by atoms with Crippen LogP contribution in [0.3, 0.4) is 0 Å². The first-order valence-corrected chi connectivity index (χ1v) is 11.1. The summed E-state index contributed by atoms with van der Waals surface area (Å²) >= 11 is 1.70. The van der Waals surface area contributed by atoms with Crippen molar-refractivity contribution in [3.63, 3.8) is 0 Å². The topological polar surface area (TPSA) is 58.6 Å². The van der Waals surface area contributed by atoms with Gasteiger partial charge in [0.15, 0.2) is 5.60 Å². The summed E-state index contributed by atoms with van der Waals surface area (Å²) in [6.07, 6.45) is 7.19. The van der Waals surface area contributed by atoms with Gasteiger partial charge in [-0.3, -0.25) is 19.7 Å². The number of amides is 1. The number of aromatic nitrogens is 2. The van der Waals surface area contributed by atoms with E-state index >= 15 is 0 Å². The molecule has 2 aliphatic heterocycles. The number of likely N-dealkylation sites (tertiary alicyclic amines) is 1. The van der Waals surface area contributed by atoms with Crippen molar-refractivity contribution >= 4 is 17.2 Å². The average molecular weight is 421 g/mol. The van der Waals surface area contributed by atoms with E-state index in [0.29, 0.717) is 26.2 Å². The Balaban J connectivity index is 1.45. The van der Waals surface area contributed by atoms with Crippen LogP contribution < -0.4 is 0 Å². The monoisotopic (exact) mass is 420 g/mol. The maximum atomic E-state index is 13.8. The molecule has 0 bridgehead atoms. The number of pyridine rings is 2. The largest absolute Gasteiger partial charge is 0.361 e. The lowest BCUT2D eigenvalue weighted by Crippen LogP contribution is -2.59. The van der Waals surface area contributed by atoms with Gasteiger partial charge in [-0.05, 0) is 51.7 Å². The molecule has 0 N–H and O–H groups in total. The van der Waals surface area contributed by atoms with E-state index in [-0.39, 0.29) is 11.8 Å². The first-order valence-electron chi connectivity index (χ1n) is 10.2. The van der Waals surface area contributed by atoms with E-state index in [0.717, 1.165) is 24.2 Å². The molecule has 6 nitrogen and oxygen atoms in total. The fourth-order valence-electron chi connectivity index (χ4n) is 4.62. The molecule has 0 aliphatic carbocycles. The molecular formula is C23H24N4O2S. The summed E-state index contributed by atoms with van der Waals surface area (Å²) < 4.78 is 6.35. The molecule has 0 unspecified atom stereocenters. The molecule has 2 saturated heterocycles. The molecule has 154 valence electrons. The predicted octanol–water partition coefficient (Wildman–Crippen LogP) is 2.94. The van der Waals surface area contributed by atoms with Crippen LogP contribution in [0.5, 0.6) is 0 Å². The Kier molecular flexibility index (Phi) is 5.33. The fourth-order valence-corrected chi connectivity index (χ4v) is 5.28. The van der Waals surface area contributed by atoms with Crippen LogP contribution in [0.15, 0.2) is 65.9 Å². The van der Waals surface area contributed by atoms with Crippen LogP contribution in [0.4, 0.5) is 0 Å². The number of nitrogens with zero attached hydrogens (tertiary/aromatic N) is 4. The van der Waals surface area contributed by atoms with Crippen molar-refractivity contribution in [1.82, 2.24) is 19.8 Å². The second-order valence-corrected chi connectivity index (χ2v) is 8.74. The number of ether oxygens (including phenoxy) is 1. The van der Waals surface area contributed by atoms with Crippen molar-refractivity contribution in [3.8, 4) is 0 Å². The van der Waals surface area contributed by atoms with E-state index < -0.39 is 5.60 Å². The van der Waals surface area contributed by atoms with Crippen molar-refractivity contribution in [2.75, 3.05) is 26.2 Å². The summed E-state index contributed by atoms with van der Waals surface area (Å²) in [5, 5.41) is 4.27. The van der Waals surface area contributed by atoms with Crippen LogP contribution in [0.2, 0.25) is 0 Å². The highest BCUT2D eigenvalue weighted by Crippen LogP contribution is 2.42. The molecule has 2 fully saturated rings. The summed E-state index contributed by atoms with van der Waals surface area (Å²) in [4.78, 5) is 26.5. The SMILES string of the molecule is O=C1N(Cc2ccncc2)CCO[C@]12CN(Cc1ccsc1)C[C@@H]2c1cccnc1. The van der Waals surface area contributed by atoms with E-state index in [2.05, 4.69) is 37.8 Å². The van der Waals surface area contributed by atoms with E-state index in [1.54, 1.807) is 29.9 Å². The van der Waals surface area contributed by atoms with E-state index in [9.17, 15) is 4.79 Å². The lowest BCUT2D eigenvalue weighted by molar-refractivity contribution is -0.173. The highest BCUT2D eigenvalue weighted by Gasteiger charge is 2.56. The smallest absolute Gasteiger partial charge is 0.257 e. The van der Waals surface area contributed by atoms with Crippen molar-refractivity contribution in [3.05, 3.63) is 82.6 Å². The maximum absolute atomic E-state index is 13.8. The lowest BCUT2D eigenvalue weighted by atomic mass is 9.83. The number of hydrogen-bond donors (Lipinski definition) is 0. The first-order chi connectivity index (χ1) is 14.7. The van der Waals surface area contributed by atoms with Gasteiger partial charge in [0, 0.05) is 63.4 Å². The molecule has 0 saturated carbocycles. The highest BCUT2D eigenvalue weighted by molar-refractivity contribution is 7.07. The molecule has 7 heteroatoms. The van der Waals surface area contributed by atoms with Crippen LogP contribution in [-0.4, -0.2) is 57.5 Å². The summed E-state index contributed by atoms with van der Waals surface area (Å²) in [5.41, 5.74) is 2.55. The van der Waals surface area contributed by atoms with Gasteiger partial charge in [0.2, 0.25) is 0 Å². The van der Waals surface area contributed by atoms with E-state index in [4.69, 9.17) is 4.74 Å². The summed E-state index contributed by atoms with van der Waals surface area (Å²) in [5.74, 6) is 0.0322. The molecule has 3 aromatic heterocycles. The summed E-state index contributed by atoms with van der Waals surface area (Å²) in [6.45, 7) is 3.91. The maximum Gasteiger partial charge on any atom is 0.257 e. The molecule has 3 aromatic rings. The quantitative estimate of drug-likeness (QED) is 0.635. The summed E-state index contributed by atoms with van der Waals surface area (Å²) in [7, 11) is 0. The number of carbonyl (C=O) groups excluding carboxylic acids is 1. The van der Waals surface area contributed by atoms with E-state index in [1.807, 2.05) is 29.3 Å². The fraction of sp³-hybridized carbons (Fsp3) is 0.348. The third kappa shape index (κ3) is 3.64. The standard InChI is InChI=1S/C23H24N4O2S/c28-22-23(29-10-9-27(22)14-18-3-7-24-8-4-18)17-26(13-19-5-11-30-16-19)15-21(23)20-2-1-6-25-12-20/h1-8,11-12,16,21H,9-10,13-15,17H2/t21-,23+/m1/s1. The number of morpholine rings is 1. The predicted molar refractivity (Wildman–Crippen MR) is 115 cm³/mol. The Morgan fingerprint density at radius 2 is 2.00 bits per heavy atom. The van der Waals surface area contributed by atoms with Crippen LogP contribution in [0, 0.1) is 0 Å². The second-order valence-electron chi connectivity index (χ2n) is 7.96.